The SMILES string of the molecule is Cc1ccc(C(=O)N2C[C@@H](C)[C@H](C(=O)O)C2)n1C. The molecule has 2 atom stereocenters. The van der Waals surface area contributed by atoms with Crippen LogP contribution in [0.1, 0.15) is 23.1 Å². The zero-order chi connectivity index (χ0) is 13.4. The van der Waals surface area contributed by atoms with Crippen LogP contribution in [0.5, 0.6) is 0 Å². The Morgan fingerprint density at radius 3 is 2.44 bits per heavy atom. The molecule has 1 aromatic heterocycles. The van der Waals surface area contributed by atoms with Crippen molar-refractivity contribution < 1.29 is 14.7 Å². The van der Waals surface area contributed by atoms with Crippen molar-refractivity contribution in [2.75, 3.05) is 13.1 Å². The molecule has 0 radical (unpaired) electrons. The normalized spacial score (nSPS) is 23.4. The molecular formula is C13H18N2O3. The van der Waals surface area contributed by atoms with E-state index in [1.165, 1.54) is 0 Å². The zero-order valence-electron chi connectivity index (χ0n) is 10.9. The highest BCUT2D eigenvalue weighted by atomic mass is 16.4. The Labute approximate surface area is 106 Å². The highest BCUT2D eigenvalue weighted by Gasteiger charge is 2.37. The summed E-state index contributed by atoms with van der Waals surface area (Å²) in [5.74, 6) is -1.34. The fourth-order valence-corrected chi connectivity index (χ4v) is 2.44. The van der Waals surface area contributed by atoms with E-state index in [2.05, 4.69) is 0 Å². The number of amides is 1. The van der Waals surface area contributed by atoms with Crippen molar-refractivity contribution in [1.29, 1.82) is 0 Å². The molecule has 98 valence electrons. The Morgan fingerprint density at radius 2 is 2.00 bits per heavy atom. The molecule has 0 unspecified atom stereocenters. The molecule has 1 fully saturated rings. The van der Waals surface area contributed by atoms with E-state index < -0.39 is 11.9 Å². The average molecular weight is 250 g/mol. The predicted molar refractivity (Wildman–Crippen MR) is 66.3 cm³/mol. The molecule has 2 heterocycles. The van der Waals surface area contributed by atoms with Crippen LogP contribution in [-0.2, 0) is 11.8 Å². The van der Waals surface area contributed by atoms with Crippen molar-refractivity contribution in [2.45, 2.75) is 13.8 Å². The third-order valence-electron chi connectivity index (χ3n) is 3.81. The van der Waals surface area contributed by atoms with Gasteiger partial charge in [-0.05, 0) is 25.0 Å². The fourth-order valence-electron chi connectivity index (χ4n) is 2.44. The first-order valence-corrected chi connectivity index (χ1v) is 6.06. The summed E-state index contributed by atoms with van der Waals surface area (Å²) >= 11 is 0. The lowest BCUT2D eigenvalue weighted by atomic mass is 9.99. The summed E-state index contributed by atoms with van der Waals surface area (Å²) < 4.78 is 1.83. The van der Waals surface area contributed by atoms with E-state index in [0.717, 1.165) is 5.69 Å². The van der Waals surface area contributed by atoms with Gasteiger partial charge in [0.1, 0.15) is 5.69 Å². The Kier molecular flexibility index (Phi) is 3.15. The van der Waals surface area contributed by atoms with E-state index in [0.29, 0.717) is 18.8 Å². The second-order valence-electron chi connectivity index (χ2n) is 5.05. The summed E-state index contributed by atoms with van der Waals surface area (Å²) in [5.41, 5.74) is 1.63. The summed E-state index contributed by atoms with van der Waals surface area (Å²) in [4.78, 5) is 25.0. The number of rotatable bonds is 2. The Bertz CT molecular complexity index is 492. The van der Waals surface area contributed by atoms with Crippen LogP contribution in [0.15, 0.2) is 12.1 Å². The molecule has 1 N–H and O–H groups in total. The predicted octanol–water partition coefficient (Wildman–Crippen LogP) is 1.13. The highest BCUT2D eigenvalue weighted by Crippen LogP contribution is 2.24. The van der Waals surface area contributed by atoms with E-state index in [1.54, 1.807) is 11.0 Å². The van der Waals surface area contributed by atoms with E-state index in [4.69, 9.17) is 5.11 Å². The first-order valence-electron chi connectivity index (χ1n) is 6.06. The Morgan fingerprint density at radius 1 is 1.33 bits per heavy atom. The fraction of sp³-hybridized carbons (Fsp3) is 0.538. The standard InChI is InChI=1S/C13H18N2O3/c1-8-6-15(7-10(8)13(17)18)12(16)11-5-4-9(2)14(11)3/h4-5,8,10H,6-7H2,1-3H3,(H,17,18)/t8-,10-/m1/s1. The lowest BCUT2D eigenvalue weighted by Crippen LogP contribution is -2.31. The smallest absolute Gasteiger partial charge is 0.308 e. The summed E-state index contributed by atoms with van der Waals surface area (Å²) in [6.07, 6.45) is 0. The maximum absolute atomic E-state index is 12.3. The summed E-state index contributed by atoms with van der Waals surface area (Å²) in [5, 5.41) is 9.07. The Balaban J connectivity index is 2.17. The van der Waals surface area contributed by atoms with Crippen molar-refractivity contribution in [2.24, 2.45) is 18.9 Å². The maximum Gasteiger partial charge on any atom is 0.308 e. The molecule has 5 heteroatoms. The van der Waals surface area contributed by atoms with Gasteiger partial charge in [0, 0.05) is 25.8 Å². The van der Waals surface area contributed by atoms with Gasteiger partial charge in [-0.15, -0.1) is 0 Å². The Hall–Kier alpha value is -1.78. The van der Waals surface area contributed by atoms with Crippen LogP contribution in [-0.4, -0.2) is 39.5 Å². The second kappa shape index (κ2) is 4.48. The van der Waals surface area contributed by atoms with Gasteiger partial charge in [0.05, 0.1) is 5.92 Å². The van der Waals surface area contributed by atoms with Crippen LogP contribution in [0.4, 0.5) is 0 Å². The summed E-state index contributed by atoms with van der Waals surface area (Å²) in [7, 11) is 1.84. The quantitative estimate of drug-likeness (QED) is 0.855. The monoisotopic (exact) mass is 250 g/mol. The molecule has 1 aliphatic rings. The molecule has 1 saturated heterocycles. The van der Waals surface area contributed by atoms with Gasteiger partial charge in [0.25, 0.3) is 5.91 Å². The third kappa shape index (κ3) is 2.00. The van der Waals surface area contributed by atoms with Crippen LogP contribution in [0, 0.1) is 18.8 Å². The van der Waals surface area contributed by atoms with Crippen LogP contribution in [0.3, 0.4) is 0 Å². The van der Waals surface area contributed by atoms with Crippen LogP contribution >= 0.6 is 0 Å². The lowest BCUT2D eigenvalue weighted by molar-refractivity contribution is -0.142. The average Bonchev–Trinajstić information content (AvgIpc) is 2.84. The molecule has 0 aromatic carbocycles. The number of likely N-dealkylation sites (tertiary alicyclic amines) is 1. The van der Waals surface area contributed by atoms with Gasteiger partial charge in [-0.2, -0.15) is 0 Å². The second-order valence-corrected chi connectivity index (χ2v) is 5.05. The van der Waals surface area contributed by atoms with E-state index in [9.17, 15) is 9.59 Å². The molecule has 0 aliphatic carbocycles. The number of carboxylic acids is 1. The summed E-state index contributed by atoms with van der Waals surface area (Å²) in [6.45, 7) is 4.63. The van der Waals surface area contributed by atoms with Crippen LogP contribution in [0.2, 0.25) is 0 Å². The first kappa shape index (κ1) is 12.7. The molecule has 2 rings (SSSR count). The van der Waals surface area contributed by atoms with E-state index in [1.807, 2.05) is 31.5 Å². The van der Waals surface area contributed by atoms with Gasteiger partial charge in [-0.3, -0.25) is 9.59 Å². The molecule has 5 nitrogen and oxygen atoms in total. The number of nitrogens with zero attached hydrogens (tertiary/aromatic N) is 2. The molecule has 0 spiro atoms. The van der Waals surface area contributed by atoms with Gasteiger partial charge in [0.15, 0.2) is 0 Å². The lowest BCUT2D eigenvalue weighted by Gasteiger charge is -2.16. The number of aryl methyl sites for hydroxylation is 1. The van der Waals surface area contributed by atoms with Crippen molar-refractivity contribution in [3.8, 4) is 0 Å². The third-order valence-corrected chi connectivity index (χ3v) is 3.81. The largest absolute Gasteiger partial charge is 0.481 e. The topological polar surface area (TPSA) is 62.5 Å². The molecule has 1 amide bonds. The highest BCUT2D eigenvalue weighted by molar-refractivity contribution is 5.93. The van der Waals surface area contributed by atoms with Gasteiger partial charge in [-0.25, -0.2) is 0 Å². The van der Waals surface area contributed by atoms with Gasteiger partial charge in [-0.1, -0.05) is 6.92 Å². The number of carbonyl (C=O) groups is 2. The molecule has 0 bridgehead atoms. The number of hydrogen-bond donors (Lipinski definition) is 1. The van der Waals surface area contributed by atoms with E-state index >= 15 is 0 Å². The molecular weight excluding hydrogens is 232 g/mol. The van der Waals surface area contributed by atoms with Crippen LogP contribution in [0.25, 0.3) is 0 Å². The minimum atomic E-state index is -0.819. The van der Waals surface area contributed by atoms with Gasteiger partial charge in [0.2, 0.25) is 0 Å². The van der Waals surface area contributed by atoms with Crippen LogP contribution < -0.4 is 0 Å². The molecule has 1 aromatic rings. The first-order chi connectivity index (χ1) is 8.41. The minimum Gasteiger partial charge on any atom is -0.481 e. The maximum atomic E-state index is 12.3. The van der Waals surface area contributed by atoms with Crippen molar-refractivity contribution in [3.63, 3.8) is 0 Å². The summed E-state index contributed by atoms with van der Waals surface area (Å²) in [6, 6.07) is 3.68. The number of carbonyl (C=O) groups excluding carboxylic acids is 1. The zero-order valence-corrected chi connectivity index (χ0v) is 10.9. The number of carboxylic acid groups (broad SMARTS) is 1. The molecule has 0 saturated carbocycles. The van der Waals surface area contributed by atoms with Crippen molar-refractivity contribution >= 4 is 11.9 Å². The number of aliphatic carboxylic acids is 1. The van der Waals surface area contributed by atoms with E-state index in [-0.39, 0.29) is 11.8 Å². The van der Waals surface area contributed by atoms with Gasteiger partial charge < -0.3 is 14.6 Å². The van der Waals surface area contributed by atoms with Crippen molar-refractivity contribution in [1.82, 2.24) is 9.47 Å². The van der Waals surface area contributed by atoms with Gasteiger partial charge >= 0.3 is 5.97 Å². The molecule has 1 aliphatic heterocycles. The number of aromatic nitrogens is 1. The van der Waals surface area contributed by atoms with Crippen molar-refractivity contribution in [3.05, 3.63) is 23.5 Å². The number of hydrogen-bond acceptors (Lipinski definition) is 2. The molecule has 18 heavy (non-hydrogen) atoms. The minimum absolute atomic E-state index is 0.00724.